The first-order valence-corrected chi connectivity index (χ1v) is 11.0. The fraction of sp³-hybridized carbons (Fsp3) is 0.308. The number of amides is 1. The summed E-state index contributed by atoms with van der Waals surface area (Å²) in [4.78, 5) is 37.1. The van der Waals surface area contributed by atoms with Gasteiger partial charge in [0.15, 0.2) is 5.78 Å². The Morgan fingerprint density at radius 2 is 1.73 bits per heavy atom. The van der Waals surface area contributed by atoms with Crippen LogP contribution in [0.3, 0.4) is 0 Å². The van der Waals surface area contributed by atoms with Crippen molar-refractivity contribution in [2.45, 2.75) is 38.6 Å². The molecule has 1 heterocycles. The second-order valence-electron chi connectivity index (χ2n) is 8.41. The van der Waals surface area contributed by atoms with Crippen LogP contribution < -0.4 is 5.32 Å². The number of benzene rings is 2. The highest BCUT2D eigenvalue weighted by Gasteiger charge is 2.28. The van der Waals surface area contributed by atoms with Gasteiger partial charge in [0.2, 0.25) is 0 Å². The first kappa shape index (κ1) is 22.5. The highest BCUT2D eigenvalue weighted by molar-refractivity contribution is 5.99. The number of ketones is 1. The van der Waals surface area contributed by atoms with Gasteiger partial charge >= 0.3 is 5.97 Å². The molecule has 1 aliphatic rings. The summed E-state index contributed by atoms with van der Waals surface area (Å²) in [5, 5.41) is 7.43. The summed E-state index contributed by atoms with van der Waals surface area (Å²) in [5.41, 5.74) is 5.31. The molecule has 1 aliphatic carbocycles. The molecule has 7 nitrogen and oxygen atoms in total. The Hall–Kier alpha value is -3.74. The van der Waals surface area contributed by atoms with Crippen molar-refractivity contribution in [3.05, 3.63) is 87.7 Å². The number of nitrogens with zero attached hydrogens (tertiary/aromatic N) is 2. The topological polar surface area (TPSA) is 90.3 Å². The highest BCUT2D eigenvalue weighted by Crippen LogP contribution is 2.39. The molecule has 7 heteroatoms. The van der Waals surface area contributed by atoms with Crippen LogP contribution in [0.15, 0.2) is 48.5 Å². The molecular formula is C26H27N3O4. The van der Waals surface area contributed by atoms with E-state index in [1.807, 2.05) is 31.2 Å². The third kappa shape index (κ3) is 5.03. The van der Waals surface area contributed by atoms with Crippen LogP contribution in [-0.4, -0.2) is 34.6 Å². The number of carbonyl (C=O) groups is 3. The minimum absolute atomic E-state index is 0.0433. The summed E-state index contributed by atoms with van der Waals surface area (Å²) in [5.74, 6) is -0.151. The molecule has 33 heavy (non-hydrogen) atoms. The predicted octanol–water partition coefficient (Wildman–Crippen LogP) is 3.75. The minimum atomic E-state index is -0.436. The lowest BCUT2D eigenvalue weighted by atomic mass is 9.95. The molecule has 0 radical (unpaired) electrons. The minimum Gasteiger partial charge on any atom is -0.465 e. The predicted molar refractivity (Wildman–Crippen MR) is 123 cm³/mol. The number of esters is 1. The van der Waals surface area contributed by atoms with Gasteiger partial charge in [0.05, 0.1) is 18.4 Å². The van der Waals surface area contributed by atoms with Crippen LogP contribution in [0.25, 0.3) is 0 Å². The van der Waals surface area contributed by atoms with Gasteiger partial charge in [-0.15, -0.1) is 0 Å². The monoisotopic (exact) mass is 445 g/mol. The van der Waals surface area contributed by atoms with Crippen molar-refractivity contribution in [1.82, 2.24) is 15.1 Å². The highest BCUT2D eigenvalue weighted by atomic mass is 16.5. The van der Waals surface area contributed by atoms with Gasteiger partial charge in [-0.2, -0.15) is 5.10 Å². The molecule has 1 aromatic heterocycles. The largest absolute Gasteiger partial charge is 0.465 e. The zero-order valence-corrected chi connectivity index (χ0v) is 19.1. The van der Waals surface area contributed by atoms with E-state index in [0.29, 0.717) is 29.3 Å². The average molecular weight is 446 g/mol. The van der Waals surface area contributed by atoms with Crippen LogP contribution >= 0.6 is 0 Å². The standard InChI is InChI=1S/C26H27N3O4/c1-16-20(13-24(30)18-9-11-19(12-10-18)26(32)33-3)5-4-6-21(16)15-27-25(31)23-14-22(17-7-8-17)28-29(23)2/h4-6,9-12,14,17H,7-8,13,15H2,1-3H3,(H,27,31). The van der Waals surface area contributed by atoms with Gasteiger partial charge in [0, 0.05) is 31.5 Å². The molecule has 1 fully saturated rings. The van der Waals surface area contributed by atoms with E-state index in [9.17, 15) is 14.4 Å². The summed E-state index contributed by atoms with van der Waals surface area (Å²) < 4.78 is 6.33. The Labute approximate surface area is 192 Å². The summed E-state index contributed by atoms with van der Waals surface area (Å²) >= 11 is 0. The molecule has 0 atom stereocenters. The number of rotatable bonds is 8. The summed E-state index contributed by atoms with van der Waals surface area (Å²) in [6.45, 7) is 2.32. The number of ether oxygens (including phenoxy) is 1. The van der Waals surface area contributed by atoms with Gasteiger partial charge in [-0.1, -0.05) is 30.3 Å². The lowest BCUT2D eigenvalue weighted by Crippen LogP contribution is -2.25. The van der Waals surface area contributed by atoms with E-state index in [2.05, 4.69) is 10.4 Å². The quantitative estimate of drug-likeness (QED) is 0.421. The van der Waals surface area contributed by atoms with Crippen molar-refractivity contribution >= 4 is 17.7 Å². The molecule has 1 amide bonds. The molecule has 2 aromatic carbocycles. The SMILES string of the molecule is COC(=O)c1ccc(C(=O)Cc2cccc(CNC(=O)c3cc(C4CC4)nn3C)c2C)cc1. The molecule has 1 saturated carbocycles. The van der Waals surface area contributed by atoms with Gasteiger partial charge in [0.1, 0.15) is 5.69 Å². The smallest absolute Gasteiger partial charge is 0.337 e. The number of aryl methyl sites for hydroxylation is 1. The molecule has 0 aliphatic heterocycles. The molecule has 0 spiro atoms. The van der Waals surface area contributed by atoms with Crippen LogP contribution in [0, 0.1) is 6.92 Å². The lowest BCUT2D eigenvalue weighted by Gasteiger charge is -2.12. The van der Waals surface area contributed by atoms with E-state index < -0.39 is 5.97 Å². The van der Waals surface area contributed by atoms with E-state index in [1.165, 1.54) is 7.11 Å². The molecule has 0 bridgehead atoms. The van der Waals surface area contributed by atoms with Crippen molar-refractivity contribution in [2.24, 2.45) is 7.05 Å². The Kier molecular flexibility index (Phi) is 6.40. The lowest BCUT2D eigenvalue weighted by molar-refractivity contribution is 0.0600. The maximum Gasteiger partial charge on any atom is 0.337 e. The zero-order chi connectivity index (χ0) is 23.5. The maximum atomic E-state index is 12.8. The Morgan fingerprint density at radius 3 is 2.39 bits per heavy atom. The van der Waals surface area contributed by atoms with Crippen LogP contribution in [0.2, 0.25) is 0 Å². The number of aromatic nitrogens is 2. The molecular weight excluding hydrogens is 418 g/mol. The van der Waals surface area contributed by atoms with E-state index in [0.717, 1.165) is 35.2 Å². The maximum absolute atomic E-state index is 12.8. The first-order valence-electron chi connectivity index (χ1n) is 11.0. The van der Waals surface area contributed by atoms with E-state index in [-0.39, 0.29) is 18.1 Å². The van der Waals surface area contributed by atoms with Gasteiger partial charge in [-0.3, -0.25) is 14.3 Å². The number of methoxy groups -OCH3 is 1. The first-order chi connectivity index (χ1) is 15.9. The third-order valence-electron chi connectivity index (χ3n) is 6.10. The Bertz CT molecular complexity index is 1210. The number of carbonyl (C=O) groups excluding carboxylic acids is 3. The van der Waals surface area contributed by atoms with Crippen LogP contribution in [-0.2, 0) is 24.8 Å². The van der Waals surface area contributed by atoms with Crippen molar-refractivity contribution in [1.29, 1.82) is 0 Å². The van der Waals surface area contributed by atoms with E-state index in [1.54, 1.807) is 36.0 Å². The second-order valence-corrected chi connectivity index (χ2v) is 8.41. The Morgan fingerprint density at radius 1 is 1.06 bits per heavy atom. The van der Waals surface area contributed by atoms with Crippen molar-refractivity contribution in [3.8, 4) is 0 Å². The molecule has 0 unspecified atom stereocenters. The summed E-state index contributed by atoms with van der Waals surface area (Å²) in [7, 11) is 3.11. The van der Waals surface area contributed by atoms with E-state index >= 15 is 0 Å². The van der Waals surface area contributed by atoms with Crippen LogP contribution in [0.1, 0.15) is 72.3 Å². The van der Waals surface area contributed by atoms with Crippen molar-refractivity contribution in [2.75, 3.05) is 7.11 Å². The molecule has 3 aromatic rings. The van der Waals surface area contributed by atoms with Crippen molar-refractivity contribution < 1.29 is 19.1 Å². The van der Waals surface area contributed by atoms with Crippen LogP contribution in [0.4, 0.5) is 0 Å². The molecule has 170 valence electrons. The normalized spacial score (nSPS) is 12.9. The zero-order valence-electron chi connectivity index (χ0n) is 19.1. The number of hydrogen-bond acceptors (Lipinski definition) is 5. The Balaban J connectivity index is 1.41. The van der Waals surface area contributed by atoms with E-state index in [4.69, 9.17) is 4.74 Å². The molecule has 1 N–H and O–H groups in total. The fourth-order valence-electron chi connectivity index (χ4n) is 3.85. The van der Waals surface area contributed by atoms with Crippen LogP contribution in [0.5, 0.6) is 0 Å². The number of nitrogens with one attached hydrogen (secondary N) is 1. The third-order valence-corrected chi connectivity index (χ3v) is 6.10. The van der Waals surface area contributed by atoms with Gasteiger partial charge in [-0.05, 0) is 54.7 Å². The average Bonchev–Trinajstić information content (AvgIpc) is 3.60. The fourth-order valence-corrected chi connectivity index (χ4v) is 3.85. The number of Topliss-reactive ketones (excluding diaryl/α,β-unsaturated/α-hetero) is 1. The van der Waals surface area contributed by atoms with Gasteiger partial charge < -0.3 is 10.1 Å². The van der Waals surface area contributed by atoms with Gasteiger partial charge in [-0.25, -0.2) is 4.79 Å². The summed E-state index contributed by atoms with van der Waals surface area (Å²) in [6, 6.07) is 14.1. The summed E-state index contributed by atoms with van der Waals surface area (Å²) in [6.07, 6.45) is 2.51. The number of hydrogen-bond donors (Lipinski definition) is 1. The molecule has 4 rings (SSSR count). The second kappa shape index (κ2) is 9.40. The molecule has 0 saturated heterocycles. The van der Waals surface area contributed by atoms with Crippen molar-refractivity contribution in [3.63, 3.8) is 0 Å². The van der Waals surface area contributed by atoms with Gasteiger partial charge in [0.25, 0.3) is 5.91 Å².